The molecule has 0 atom stereocenters. The van der Waals surface area contributed by atoms with Gasteiger partial charge >= 0.3 is 12.1 Å². The lowest BCUT2D eigenvalue weighted by molar-refractivity contribution is -0.141. The van der Waals surface area contributed by atoms with Crippen molar-refractivity contribution in [2.75, 3.05) is 6.61 Å². The molecule has 1 heterocycles. The Morgan fingerprint density at radius 3 is 2.50 bits per heavy atom. The fourth-order valence-corrected chi connectivity index (χ4v) is 2.53. The molecule has 7 heteroatoms. The number of carbonyl (C=O) groups excluding carboxylic acids is 1. The fourth-order valence-electron chi connectivity index (χ4n) is 1.55. The molecule has 1 aromatic heterocycles. The average Bonchev–Trinajstić information content (AvgIpc) is 2.89. The Morgan fingerprint density at radius 2 is 2.00 bits per heavy atom. The van der Waals surface area contributed by atoms with E-state index in [1.165, 1.54) is 6.92 Å². The van der Waals surface area contributed by atoms with Crippen LogP contribution in [0.4, 0.5) is 13.2 Å². The monoisotopic (exact) mass is 331 g/mol. The maximum absolute atomic E-state index is 13.0. The number of hydrogen-bond acceptors (Lipinski definition) is 4. The molecule has 0 saturated heterocycles. The van der Waals surface area contributed by atoms with Gasteiger partial charge in [0.05, 0.1) is 6.61 Å². The first-order valence-electron chi connectivity index (χ1n) is 6.56. The normalized spacial score (nSPS) is 13.3. The van der Waals surface area contributed by atoms with E-state index in [0.717, 1.165) is 0 Å². The van der Waals surface area contributed by atoms with E-state index < -0.39 is 22.7 Å². The molecule has 0 unspecified atom stereocenters. The van der Waals surface area contributed by atoms with Crippen LogP contribution < -0.4 is 0 Å². The van der Waals surface area contributed by atoms with E-state index in [4.69, 9.17) is 0 Å². The number of esters is 1. The van der Waals surface area contributed by atoms with Crippen LogP contribution in [-0.4, -0.2) is 17.6 Å². The van der Waals surface area contributed by atoms with E-state index in [0.29, 0.717) is 16.9 Å². The molecule has 0 N–H and O–H groups in total. The lowest BCUT2D eigenvalue weighted by Crippen LogP contribution is -2.13. The first kappa shape index (κ1) is 18.2. The summed E-state index contributed by atoms with van der Waals surface area (Å²) in [7, 11) is 0. The molecule has 0 aliphatic heterocycles. The highest BCUT2D eigenvalue weighted by Gasteiger charge is 2.40. The zero-order chi connectivity index (χ0) is 16.8. The minimum atomic E-state index is -4.71. The molecule has 0 saturated carbocycles. The van der Waals surface area contributed by atoms with Crippen molar-refractivity contribution < 1.29 is 22.7 Å². The summed E-state index contributed by atoms with van der Waals surface area (Å²) in [5.74, 6) is -1.01. The van der Waals surface area contributed by atoms with Crippen molar-refractivity contribution in [3.63, 3.8) is 0 Å². The molecule has 0 spiro atoms. The van der Waals surface area contributed by atoms with Gasteiger partial charge in [-0.2, -0.15) is 13.2 Å². The second kappa shape index (κ2) is 7.93. The van der Waals surface area contributed by atoms with Crippen molar-refractivity contribution in [3.8, 4) is 0 Å². The molecule has 0 amide bonds. The van der Waals surface area contributed by atoms with Crippen LogP contribution in [0.2, 0.25) is 0 Å². The summed E-state index contributed by atoms with van der Waals surface area (Å²) in [5, 5.41) is 0.117. The summed E-state index contributed by atoms with van der Waals surface area (Å²) in [6.45, 7) is 5.06. The number of allylic oxidation sites excluding steroid dienone is 6. The average molecular weight is 331 g/mol. The third kappa shape index (κ3) is 4.56. The van der Waals surface area contributed by atoms with Gasteiger partial charge < -0.3 is 4.74 Å². The van der Waals surface area contributed by atoms with Crippen LogP contribution in [0.15, 0.2) is 30.4 Å². The molecule has 22 heavy (non-hydrogen) atoms. The summed E-state index contributed by atoms with van der Waals surface area (Å²) in [4.78, 5) is 14.8. The number of carbonyl (C=O) groups is 1. The van der Waals surface area contributed by atoms with Crippen LogP contribution in [0.1, 0.15) is 41.1 Å². The highest BCUT2D eigenvalue weighted by Crippen LogP contribution is 2.37. The topological polar surface area (TPSA) is 39.2 Å². The predicted octanol–water partition coefficient (Wildman–Crippen LogP) is 4.87. The second-order valence-corrected chi connectivity index (χ2v) is 5.06. The molecule has 0 fully saturated rings. The zero-order valence-electron chi connectivity index (χ0n) is 12.4. The largest absolute Gasteiger partial charge is 0.462 e. The minimum Gasteiger partial charge on any atom is -0.462 e. The van der Waals surface area contributed by atoms with Gasteiger partial charge in [0.25, 0.3) is 0 Å². The third-order valence-corrected chi connectivity index (χ3v) is 3.50. The maximum Gasteiger partial charge on any atom is 0.435 e. The molecule has 120 valence electrons. The zero-order valence-corrected chi connectivity index (χ0v) is 13.2. The number of halogens is 3. The van der Waals surface area contributed by atoms with Crippen molar-refractivity contribution in [2.45, 2.75) is 26.9 Å². The summed E-state index contributed by atoms with van der Waals surface area (Å²) in [5.41, 5.74) is -0.714. The van der Waals surface area contributed by atoms with E-state index >= 15 is 0 Å². The van der Waals surface area contributed by atoms with Crippen LogP contribution in [0.3, 0.4) is 0 Å². The summed E-state index contributed by atoms with van der Waals surface area (Å²) >= 11 is 0.674. The third-order valence-electron chi connectivity index (χ3n) is 2.42. The van der Waals surface area contributed by atoms with Crippen molar-refractivity contribution >= 4 is 22.9 Å². The van der Waals surface area contributed by atoms with Gasteiger partial charge in [0.1, 0.15) is 9.88 Å². The van der Waals surface area contributed by atoms with Gasteiger partial charge in [0, 0.05) is 5.57 Å². The van der Waals surface area contributed by atoms with Gasteiger partial charge in [-0.1, -0.05) is 30.4 Å². The number of hydrogen-bond donors (Lipinski definition) is 0. The predicted molar refractivity (Wildman–Crippen MR) is 80.7 cm³/mol. The molecule has 1 rings (SSSR count). The Hall–Kier alpha value is -1.89. The molecule has 0 aliphatic carbocycles. The lowest BCUT2D eigenvalue weighted by Gasteiger charge is -2.05. The van der Waals surface area contributed by atoms with Crippen molar-refractivity contribution in [2.24, 2.45) is 0 Å². The molecule has 0 aromatic carbocycles. The molecule has 1 aromatic rings. The first-order valence-corrected chi connectivity index (χ1v) is 7.37. The smallest absolute Gasteiger partial charge is 0.435 e. The highest BCUT2D eigenvalue weighted by molar-refractivity contribution is 7.14. The first-order chi connectivity index (χ1) is 10.3. The lowest BCUT2D eigenvalue weighted by atomic mass is 10.2. The van der Waals surface area contributed by atoms with E-state index in [-0.39, 0.29) is 11.6 Å². The Bertz CT molecular complexity index is 613. The summed E-state index contributed by atoms with van der Waals surface area (Å²) in [6, 6.07) is 0. The summed E-state index contributed by atoms with van der Waals surface area (Å²) < 4.78 is 43.8. The van der Waals surface area contributed by atoms with Crippen LogP contribution in [0.5, 0.6) is 0 Å². The number of thiazole rings is 1. The highest BCUT2D eigenvalue weighted by atomic mass is 32.1. The second-order valence-electron chi connectivity index (χ2n) is 4.06. The Labute approximate surface area is 130 Å². The van der Waals surface area contributed by atoms with E-state index in [1.54, 1.807) is 44.2 Å². The molecular weight excluding hydrogens is 315 g/mol. The van der Waals surface area contributed by atoms with Gasteiger partial charge in [-0.25, -0.2) is 9.78 Å². The molecule has 0 bridgehead atoms. The van der Waals surface area contributed by atoms with Gasteiger partial charge in [-0.15, -0.1) is 11.3 Å². The molecular formula is C15H16F3NO2S. The number of rotatable bonds is 5. The number of nitrogens with zero attached hydrogens (tertiary/aromatic N) is 1. The van der Waals surface area contributed by atoms with Gasteiger partial charge in [0.2, 0.25) is 0 Å². The maximum atomic E-state index is 13.0. The number of alkyl halides is 3. The van der Waals surface area contributed by atoms with Crippen LogP contribution in [0, 0.1) is 0 Å². The Kier molecular flexibility index (Phi) is 6.55. The van der Waals surface area contributed by atoms with E-state index in [9.17, 15) is 18.0 Å². The molecule has 0 aliphatic rings. The van der Waals surface area contributed by atoms with Crippen LogP contribution in [-0.2, 0) is 10.9 Å². The van der Waals surface area contributed by atoms with E-state index in [2.05, 4.69) is 9.72 Å². The van der Waals surface area contributed by atoms with Crippen molar-refractivity contribution in [1.29, 1.82) is 0 Å². The SMILES string of the molecule is C\C=C/C(=C\C=C\C)c1nc(C(F)(F)F)c(C(=O)OCC)s1. The van der Waals surface area contributed by atoms with Crippen LogP contribution in [0.25, 0.3) is 5.57 Å². The number of aromatic nitrogens is 1. The van der Waals surface area contributed by atoms with Gasteiger partial charge in [-0.3, -0.25) is 0 Å². The van der Waals surface area contributed by atoms with Gasteiger partial charge in [0.15, 0.2) is 5.69 Å². The van der Waals surface area contributed by atoms with Crippen LogP contribution >= 0.6 is 11.3 Å². The standard InChI is InChI=1S/C15H16F3NO2S/c1-4-7-9-10(8-5-2)13-19-12(15(16,17)18)11(22-13)14(20)21-6-3/h4-5,7-9H,6H2,1-3H3/b7-4+,8-5-,10-9+. The van der Waals surface area contributed by atoms with E-state index in [1.807, 2.05) is 0 Å². The quantitative estimate of drug-likeness (QED) is 0.570. The molecule has 0 radical (unpaired) electrons. The Morgan fingerprint density at radius 1 is 1.32 bits per heavy atom. The van der Waals surface area contributed by atoms with Crippen molar-refractivity contribution in [1.82, 2.24) is 4.98 Å². The minimum absolute atomic E-state index is 0.000500. The Balaban J connectivity index is 3.42. The van der Waals surface area contributed by atoms with Crippen molar-refractivity contribution in [3.05, 3.63) is 46.0 Å². The van der Waals surface area contributed by atoms with Gasteiger partial charge in [-0.05, 0) is 20.8 Å². The number of ether oxygens (including phenoxy) is 1. The fraction of sp³-hybridized carbons (Fsp3) is 0.333. The summed E-state index contributed by atoms with van der Waals surface area (Å²) in [6.07, 6.45) is 3.68. The molecule has 3 nitrogen and oxygen atoms in total.